The average molecular weight is 392 g/mol. The summed E-state index contributed by atoms with van der Waals surface area (Å²) in [5, 5.41) is 23.4. The lowest BCUT2D eigenvalue weighted by Gasteiger charge is -2.37. The Bertz CT molecular complexity index is 1000. The van der Waals surface area contributed by atoms with E-state index < -0.39 is 24.4 Å². The quantitative estimate of drug-likeness (QED) is 0.418. The molecule has 1 aliphatic rings. The maximum absolute atomic E-state index is 12.1. The highest BCUT2D eigenvalue weighted by atomic mass is 32.1. The smallest absolute Gasteiger partial charge is 0.278 e. The standard InChI is InChI=1S/C15H16N6O5S/c22-11-7(20-14(24)9-1-16-6-27-9)3-26-8(12(11)23)2-21-5-19-10-13(21)17-4-18-15(10)25/h1,4-8,11-12,22-23H,2-3H2,(H,20,24)(H,17,18,25)/t7-,8-,11+,12-/m1/s1. The van der Waals surface area contributed by atoms with Gasteiger partial charge in [0.25, 0.3) is 11.5 Å². The molecular weight excluding hydrogens is 376 g/mol. The van der Waals surface area contributed by atoms with E-state index >= 15 is 0 Å². The van der Waals surface area contributed by atoms with Crippen molar-refractivity contribution in [2.24, 2.45) is 0 Å². The van der Waals surface area contributed by atoms with E-state index in [0.717, 1.165) is 0 Å². The molecule has 11 nitrogen and oxygen atoms in total. The Kier molecular flexibility index (Phi) is 4.70. The highest BCUT2D eigenvalue weighted by molar-refractivity contribution is 7.11. The van der Waals surface area contributed by atoms with Crippen molar-refractivity contribution < 1.29 is 19.7 Å². The molecule has 0 aromatic carbocycles. The van der Waals surface area contributed by atoms with Crippen LogP contribution in [0.3, 0.4) is 0 Å². The molecular formula is C15H16N6O5S. The largest absolute Gasteiger partial charge is 0.388 e. The molecule has 0 saturated carbocycles. The summed E-state index contributed by atoms with van der Waals surface area (Å²) in [5.74, 6) is -0.389. The van der Waals surface area contributed by atoms with Crippen molar-refractivity contribution >= 4 is 28.4 Å². The van der Waals surface area contributed by atoms with E-state index in [2.05, 4.69) is 25.3 Å². The van der Waals surface area contributed by atoms with Crippen molar-refractivity contribution in [3.63, 3.8) is 0 Å². The van der Waals surface area contributed by atoms with Crippen LogP contribution in [0.1, 0.15) is 9.67 Å². The fourth-order valence-electron chi connectivity index (χ4n) is 2.96. The van der Waals surface area contributed by atoms with Crippen LogP contribution in [0.4, 0.5) is 0 Å². The number of aromatic nitrogens is 5. The zero-order chi connectivity index (χ0) is 19.0. The molecule has 1 saturated heterocycles. The monoisotopic (exact) mass is 392 g/mol. The third kappa shape index (κ3) is 3.35. The van der Waals surface area contributed by atoms with E-state index in [0.29, 0.717) is 10.5 Å². The third-order valence-corrected chi connectivity index (χ3v) is 5.16. The number of aliphatic hydroxyl groups excluding tert-OH is 2. The summed E-state index contributed by atoms with van der Waals surface area (Å²) in [7, 11) is 0. The van der Waals surface area contributed by atoms with Crippen molar-refractivity contribution in [1.29, 1.82) is 0 Å². The number of hydrogen-bond donors (Lipinski definition) is 4. The first kappa shape index (κ1) is 17.7. The number of hydrogen-bond acceptors (Lipinski definition) is 9. The van der Waals surface area contributed by atoms with Gasteiger partial charge in [-0.05, 0) is 0 Å². The minimum Gasteiger partial charge on any atom is -0.388 e. The summed E-state index contributed by atoms with van der Waals surface area (Å²) in [6, 6.07) is -0.758. The number of nitrogens with one attached hydrogen (secondary N) is 2. The molecule has 142 valence electrons. The number of fused-ring (bicyclic) bond motifs is 1. The molecule has 1 aliphatic heterocycles. The SMILES string of the molecule is O=C(N[C@@H]1CO[C@H](Cn2cnc3c(=O)[nH]cnc32)[C@@H](O)[C@H]1O)c1cncs1. The molecule has 27 heavy (non-hydrogen) atoms. The number of nitrogens with zero attached hydrogens (tertiary/aromatic N) is 4. The lowest BCUT2D eigenvalue weighted by Crippen LogP contribution is -2.59. The van der Waals surface area contributed by atoms with Crippen molar-refractivity contribution in [3.8, 4) is 0 Å². The van der Waals surface area contributed by atoms with Crippen LogP contribution in [0.15, 0.2) is 29.2 Å². The topological polar surface area (TPSA) is 155 Å². The van der Waals surface area contributed by atoms with Crippen molar-refractivity contribution in [3.05, 3.63) is 39.6 Å². The van der Waals surface area contributed by atoms with Crippen molar-refractivity contribution in [2.75, 3.05) is 6.61 Å². The minimum absolute atomic E-state index is 0.0219. The van der Waals surface area contributed by atoms with Gasteiger partial charge in [0.1, 0.15) is 23.2 Å². The molecule has 4 rings (SSSR count). The van der Waals surface area contributed by atoms with Gasteiger partial charge in [-0.15, -0.1) is 11.3 Å². The molecule has 3 aromatic heterocycles. The highest BCUT2D eigenvalue weighted by Crippen LogP contribution is 2.19. The molecule has 0 bridgehead atoms. The number of rotatable bonds is 4. The number of imidazole rings is 1. The lowest BCUT2D eigenvalue weighted by atomic mass is 9.98. The summed E-state index contributed by atoms with van der Waals surface area (Å²) >= 11 is 1.17. The number of aromatic amines is 1. The molecule has 3 aromatic rings. The molecule has 1 amide bonds. The van der Waals surface area contributed by atoms with E-state index in [1.165, 1.54) is 35.7 Å². The Morgan fingerprint density at radius 2 is 2.26 bits per heavy atom. The number of aliphatic hydroxyl groups is 2. The van der Waals surface area contributed by atoms with Crippen LogP contribution in [-0.4, -0.2) is 71.6 Å². The van der Waals surface area contributed by atoms with E-state index in [-0.39, 0.29) is 30.1 Å². The van der Waals surface area contributed by atoms with Gasteiger partial charge in [-0.2, -0.15) is 0 Å². The Hall–Kier alpha value is -2.67. The predicted octanol–water partition coefficient (Wildman–Crippen LogP) is -1.50. The Morgan fingerprint density at radius 1 is 1.41 bits per heavy atom. The van der Waals surface area contributed by atoms with Gasteiger partial charge >= 0.3 is 0 Å². The van der Waals surface area contributed by atoms with Crippen molar-refractivity contribution in [1.82, 2.24) is 29.8 Å². The van der Waals surface area contributed by atoms with Crippen molar-refractivity contribution in [2.45, 2.75) is 30.9 Å². The zero-order valence-corrected chi connectivity index (χ0v) is 14.7. The Balaban J connectivity index is 1.45. The zero-order valence-electron chi connectivity index (χ0n) is 13.8. The molecule has 4 N–H and O–H groups in total. The van der Waals surface area contributed by atoms with Crippen LogP contribution < -0.4 is 10.9 Å². The van der Waals surface area contributed by atoms with E-state index in [9.17, 15) is 19.8 Å². The van der Waals surface area contributed by atoms with E-state index in [1.807, 2.05) is 0 Å². The van der Waals surface area contributed by atoms with Gasteiger partial charge in [0, 0.05) is 0 Å². The second kappa shape index (κ2) is 7.15. The average Bonchev–Trinajstić information content (AvgIpc) is 3.32. The van der Waals surface area contributed by atoms with Crippen LogP contribution >= 0.6 is 11.3 Å². The van der Waals surface area contributed by atoms with Gasteiger partial charge in [0.05, 0.1) is 43.6 Å². The highest BCUT2D eigenvalue weighted by Gasteiger charge is 2.39. The van der Waals surface area contributed by atoms with Gasteiger partial charge in [-0.25, -0.2) is 9.97 Å². The summed E-state index contributed by atoms with van der Waals surface area (Å²) in [6.07, 6.45) is 0.897. The summed E-state index contributed by atoms with van der Waals surface area (Å²) < 4.78 is 7.22. The number of thiazole rings is 1. The number of carbonyl (C=O) groups is 1. The van der Waals surface area contributed by atoms with Crippen LogP contribution in [0.2, 0.25) is 0 Å². The van der Waals surface area contributed by atoms with Crippen LogP contribution in [0, 0.1) is 0 Å². The molecule has 4 heterocycles. The van der Waals surface area contributed by atoms with E-state index in [4.69, 9.17) is 4.74 Å². The minimum atomic E-state index is -1.25. The first-order chi connectivity index (χ1) is 13.0. The van der Waals surface area contributed by atoms with Gasteiger partial charge in [0.15, 0.2) is 11.2 Å². The summed E-state index contributed by atoms with van der Waals surface area (Å²) in [4.78, 5) is 38.6. The first-order valence-corrected chi connectivity index (χ1v) is 8.98. The van der Waals surface area contributed by atoms with Crippen LogP contribution in [0.25, 0.3) is 11.2 Å². The lowest BCUT2D eigenvalue weighted by molar-refractivity contribution is -0.152. The Morgan fingerprint density at radius 3 is 3.04 bits per heavy atom. The second-order valence-electron chi connectivity index (χ2n) is 6.10. The van der Waals surface area contributed by atoms with Gasteiger partial charge in [-0.1, -0.05) is 0 Å². The second-order valence-corrected chi connectivity index (χ2v) is 6.99. The number of H-pyrrole nitrogens is 1. The molecule has 0 spiro atoms. The molecule has 12 heteroatoms. The number of carbonyl (C=O) groups excluding carboxylic acids is 1. The third-order valence-electron chi connectivity index (χ3n) is 4.39. The summed E-state index contributed by atoms with van der Waals surface area (Å²) in [6.45, 7) is 0.161. The normalized spacial score (nSPS) is 25.6. The predicted molar refractivity (Wildman–Crippen MR) is 93.3 cm³/mol. The van der Waals surface area contributed by atoms with Gasteiger partial charge < -0.3 is 29.8 Å². The Labute approximate surface area is 155 Å². The molecule has 0 radical (unpaired) electrons. The maximum atomic E-state index is 12.1. The molecule has 0 unspecified atom stereocenters. The maximum Gasteiger partial charge on any atom is 0.278 e. The number of amides is 1. The summed E-state index contributed by atoms with van der Waals surface area (Å²) in [5.41, 5.74) is 1.69. The first-order valence-electron chi connectivity index (χ1n) is 8.10. The molecule has 0 aliphatic carbocycles. The number of ether oxygens (including phenoxy) is 1. The van der Waals surface area contributed by atoms with E-state index in [1.54, 1.807) is 4.57 Å². The van der Waals surface area contributed by atoms with Gasteiger partial charge in [-0.3, -0.25) is 14.6 Å². The fourth-order valence-corrected chi connectivity index (χ4v) is 3.48. The van der Waals surface area contributed by atoms with Crippen LogP contribution in [0.5, 0.6) is 0 Å². The van der Waals surface area contributed by atoms with Gasteiger partial charge in [0.2, 0.25) is 0 Å². The molecule has 4 atom stereocenters. The van der Waals surface area contributed by atoms with Crippen LogP contribution in [-0.2, 0) is 11.3 Å². The fraction of sp³-hybridized carbons (Fsp3) is 0.400. The molecule has 1 fully saturated rings.